The number of esters is 1. The predicted octanol–water partition coefficient (Wildman–Crippen LogP) is 3.21. The minimum absolute atomic E-state index is 0.0659. The maximum Gasteiger partial charge on any atom is 0.340 e. The van der Waals surface area contributed by atoms with E-state index >= 15 is 0 Å². The Labute approximate surface area is 138 Å². The van der Waals surface area contributed by atoms with E-state index in [4.69, 9.17) is 16.3 Å². The number of nitrogens with one attached hydrogen (secondary N) is 1. The Hall–Kier alpha value is -2.12. The van der Waals surface area contributed by atoms with Crippen molar-refractivity contribution < 1.29 is 22.3 Å². The highest BCUT2D eigenvalue weighted by Gasteiger charge is 2.15. The Balaban J connectivity index is 2.15. The summed E-state index contributed by atoms with van der Waals surface area (Å²) in [6.07, 6.45) is 0.980. The van der Waals surface area contributed by atoms with Crippen molar-refractivity contribution in [3.05, 3.63) is 64.4 Å². The number of carbonyl (C=O) groups excluding carboxylic acids is 1. The number of hydrogen-bond acceptors (Lipinski definition) is 4. The first-order chi connectivity index (χ1) is 10.8. The first-order valence-corrected chi connectivity index (χ1v) is 8.71. The van der Waals surface area contributed by atoms with Crippen LogP contribution in [0.3, 0.4) is 0 Å². The molecule has 2 aromatic rings. The molecule has 0 saturated carbocycles. The summed E-state index contributed by atoms with van der Waals surface area (Å²) in [6.45, 7) is -0.162. The van der Waals surface area contributed by atoms with Crippen molar-refractivity contribution in [1.82, 2.24) is 0 Å². The first kappa shape index (κ1) is 17.2. The minimum Gasteiger partial charge on any atom is -0.457 e. The van der Waals surface area contributed by atoms with Crippen LogP contribution in [0.4, 0.5) is 10.1 Å². The number of para-hydroxylation sites is 1. The number of rotatable bonds is 5. The molecule has 5 nitrogen and oxygen atoms in total. The smallest absolute Gasteiger partial charge is 0.340 e. The van der Waals surface area contributed by atoms with E-state index < -0.39 is 21.8 Å². The molecule has 122 valence electrons. The van der Waals surface area contributed by atoms with Crippen LogP contribution in [0.25, 0.3) is 0 Å². The lowest BCUT2D eigenvalue weighted by Gasteiger charge is -2.11. The van der Waals surface area contributed by atoms with Crippen molar-refractivity contribution in [2.45, 2.75) is 6.61 Å². The number of hydrogen-bond donors (Lipinski definition) is 1. The van der Waals surface area contributed by atoms with Gasteiger partial charge >= 0.3 is 5.97 Å². The monoisotopic (exact) mass is 357 g/mol. The largest absolute Gasteiger partial charge is 0.457 e. The molecule has 0 bridgehead atoms. The van der Waals surface area contributed by atoms with E-state index in [1.807, 2.05) is 0 Å². The fourth-order valence-electron chi connectivity index (χ4n) is 1.81. The van der Waals surface area contributed by atoms with Crippen LogP contribution < -0.4 is 4.72 Å². The lowest BCUT2D eigenvalue weighted by molar-refractivity contribution is 0.0474. The van der Waals surface area contributed by atoms with Gasteiger partial charge in [0.1, 0.15) is 12.4 Å². The zero-order valence-corrected chi connectivity index (χ0v) is 13.6. The summed E-state index contributed by atoms with van der Waals surface area (Å²) in [5.41, 5.74) is 0.622. The molecule has 2 rings (SSSR count). The molecule has 0 heterocycles. The van der Waals surface area contributed by atoms with Gasteiger partial charge in [-0.1, -0.05) is 29.8 Å². The Morgan fingerprint density at radius 1 is 1.26 bits per heavy atom. The Morgan fingerprint density at radius 2 is 1.96 bits per heavy atom. The molecule has 0 fully saturated rings. The highest BCUT2D eigenvalue weighted by Crippen LogP contribution is 2.21. The summed E-state index contributed by atoms with van der Waals surface area (Å²) in [6, 6.07) is 9.77. The predicted molar refractivity (Wildman–Crippen MR) is 85.4 cm³/mol. The topological polar surface area (TPSA) is 72.5 Å². The van der Waals surface area contributed by atoms with Crippen molar-refractivity contribution in [2.24, 2.45) is 0 Å². The third-order valence-electron chi connectivity index (χ3n) is 2.82. The van der Waals surface area contributed by atoms with E-state index in [0.29, 0.717) is 5.56 Å². The average Bonchev–Trinajstić information content (AvgIpc) is 2.45. The van der Waals surface area contributed by atoms with Gasteiger partial charge in [0.05, 0.1) is 22.5 Å². The maximum atomic E-state index is 13.0. The zero-order valence-electron chi connectivity index (χ0n) is 12.0. The van der Waals surface area contributed by atoms with E-state index in [2.05, 4.69) is 4.72 Å². The van der Waals surface area contributed by atoms with Crippen molar-refractivity contribution in [1.29, 1.82) is 0 Å². The maximum absolute atomic E-state index is 13.0. The van der Waals surface area contributed by atoms with Gasteiger partial charge in [0.2, 0.25) is 10.0 Å². The van der Waals surface area contributed by atoms with E-state index in [1.54, 1.807) is 12.1 Å². The SMILES string of the molecule is CS(=O)(=O)Nc1ccccc1C(=O)OCc1ccc(F)cc1Cl. The molecular formula is C15H13ClFNO4S. The molecule has 0 aliphatic heterocycles. The molecule has 0 aliphatic carbocycles. The van der Waals surface area contributed by atoms with Gasteiger partial charge in [0.25, 0.3) is 0 Å². The van der Waals surface area contributed by atoms with E-state index in [-0.39, 0.29) is 22.9 Å². The van der Waals surface area contributed by atoms with Crippen LogP contribution >= 0.6 is 11.6 Å². The number of anilines is 1. The van der Waals surface area contributed by atoms with Crippen LogP contribution in [0.2, 0.25) is 5.02 Å². The first-order valence-electron chi connectivity index (χ1n) is 6.44. The molecule has 0 saturated heterocycles. The van der Waals surface area contributed by atoms with Gasteiger partial charge < -0.3 is 4.74 Å². The second kappa shape index (κ2) is 6.97. The molecule has 0 aliphatic rings. The molecule has 23 heavy (non-hydrogen) atoms. The number of sulfonamides is 1. The second-order valence-electron chi connectivity index (χ2n) is 4.73. The molecule has 1 N–H and O–H groups in total. The van der Waals surface area contributed by atoms with Gasteiger partial charge in [0.15, 0.2) is 0 Å². The third-order valence-corrected chi connectivity index (χ3v) is 3.76. The molecule has 0 aromatic heterocycles. The summed E-state index contributed by atoms with van der Waals surface area (Å²) in [5, 5.41) is 0.139. The van der Waals surface area contributed by atoms with Gasteiger partial charge in [-0.05, 0) is 24.3 Å². The third kappa shape index (κ3) is 4.94. The molecule has 0 spiro atoms. The molecule has 0 radical (unpaired) electrons. The molecule has 0 atom stereocenters. The molecule has 8 heteroatoms. The Kier molecular flexibility index (Phi) is 5.23. The molecule has 2 aromatic carbocycles. The number of carbonyl (C=O) groups is 1. The van der Waals surface area contributed by atoms with Gasteiger partial charge in [-0.3, -0.25) is 4.72 Å². The van der Waals surface area contributed by atoms with Crippen molar-refractivity contribution >= 4 is 33.3 Å². The number of ether oxygens (including phenoxy) is 1. The van der Waals surface area contributed by atoms with Crippen molar-refractivity contribution in [2.75, 3.05) is 11.0 Å². The van der Waals surface area contributed by atoms with Crippen LogP contribution in [-0.2, 0) is 21.4 Å². The fraction of sp³-hybridized carbons (Fsp3) is 0.133. The van der Waals surface area contributed by atoms with E-state index in [1.165, 1.54) is 24.3 Å². The highest BCUT2D eigenvalue weighted by molar-refractivity contribution is 7.92. The van der Waals surface area contributed by atoms with Gasteiger partial charge in [-0.2, -0.15) is 0 Å². The van der Waals surface area contributed by atoms with Gasteiger partial charge in [-0.15, -0.1) is 0 Å². The molecule has 0 unspecified atom stereocenters. The lowest BCUT2D eigenvalue weighted by atomic mass is 10.2. The highest BCUT2D eigenvalue weighted by atomic mass is 35.5. The van der Waals surface area contributed by atoms with Gasteiger partial charge in [-0.25, -0.2) is 17.6 Å². The van der Waals surface area contributed by atoms with Gasteiger partial charge in [0, 0.05) is 5.56 Å². The summed E-state index contributed by atoms with van der Waals surface area (Å²) < 4.78 is 42.9. The normalized spacial score (nSPS) is 11.1. The van der Waals surface area contributed by atoms with Crippen molar-refractivity contribution in [3.63, 3.8) is 0 Å². The average molecular weight is 358 g/mol. The van der Waals surface area contributed by atoms with Crippen LogP contribution in [0.5, 0.6) is 0 Å². The summed E-state index contributed by atoms with van der Waals surface area (Å²) in [4.78, 5) is 12.1. The van der Waals surface area contributed by atoms with E-state index in [9.17, 15) is 17.6 Å². The minimum atomic E-state index is -3.53. The van der Waals surface area contributed by atoms with Crippen LogP contribution in [-0.4, -0.2) is 20.6 Å². The molecular weight excluding hydrogens is 345 g/mol. The van der Waals surface area contributed by atoms with Crippen molar-refractivity contribution in [3.8, 4) is 0 Å². The summed E-state index contributed by atoms with van der Waals surface area (Å²) >= 11 is 5.85. The fourth-order valence-corrected chi connectivity index (χ4v) is 2.61. The van der Waals surface area contributed by atoms with E-state index in [0.717, 1.165) is 12.3 Å². The number of benzene rings is 2. The van der Waals surface area contributed by atoms with Crippen LogP contribution in [0.1, 0.15) is 15.9 Å². The second-order valence-corrected chi connectivity index (χ2v) is 6.89. The summed E-state index contributed by atoms with van der Waals surface area (Å²) in [7, 11) is -3.53. The quantitative estimate of drug-likeness (QED) is 0.834. The lowest BCUT2D eigenvalue weighted by Crippen LogP contribution is -2.14. The Morgan fingerprint density at radius 3 is 2.61 bits per heavy atom. The molecule has 0 amide bonds. The number of halogens is 2. The zero-order chi connectivity index (χ0) is 17.0. The van der Waals surface area contributed by atoms with Crippen LogP contribution in [0.15, 0.2) is 42.5 Å². The van der Waals surface area contributed by atoms with Crippen LogP contribution in [0, 0.1) is 5.82 Å². The standard InChI is InChI=1S/C15H13ClFNO4S/c1-23(20,21)18-14-5-3-2-4-12(14)15(19)22-9-10-6-7-11(17)8-13(10)16/h2-8,18H,9H2,1H3. The Bertz CT molecular complexity index is 839. The summed E-state index contributed by atoms with van der Waals surface area (Å²) in [5.74, 6) is -1.22.